The van der Waals surface area contributed by atoms with Crippen LogP contribution in [0.15, 0.2) is 18.2 Å². The summed E-state index contributed by atoms with van der Waals surface area (Å²) in [6.45, 7) is 5.05. The summed E-state index contributed by atoms with van der Waals surface area (Å²) in [5.74, 6) is -0.534. The lowest BCUT2D eigenvalue weighted by Gasteiger charge is -2.21. The van der Waals surface area contributed by atoms with E-state index in [2.05, 4.69) is 9.44 Å². The first-order valence-electron chi connectivity index (χ1n) is 5.44. The Morgan fingerprint density at radius 1 is 1.33 bits per heavy atom. The third-order valence-corrected chi connectivity index (χ3v) is 3.38. The number of nitrogens with two attached hydrogens (primary N) is 1. The van der Waals surface area contributed by atoms with E-state index in [9.17, 15) is 12.8 Å². The highest BCUT2D eigenvalue weighted by Crippen LogP contribution is 2.19. The van der Waals surface area contributed by atoms with Crippen LogP contribution in [0, 0.1) is 5.82 Å². The molecular formula is C11H18FN3O2S. The summed E-state index contributed by atoms with van der Waals surface area (Å²) in [5.41, 5.74) is 5.06. The molecule has 0 saturated heterocycles. The molecule has 0 amide bonds. The maximum Gasteiger partial charge on any atom is 0.299 e. The summed E-state index contributed by atoms with van der Waals surface area (Å²) in [6, 6.07) is 4.12. The van der Waals surface area contributed by atoms with Crippen LogP contribution in [0.2, 0.25) is 0 Å². The van der Waals surface area contributed by atoms with Crippen LogP contribution in [0.4, 0.5) is 10.1 Å². The highest BCUT2D eigenvalue weighted by molar-refractivity contribution is 7.90. The zero-order valence-corrected chi connectivity index (χ0v) is 11.4. The second kappa shape index (κ2) is 5.21. The molecule has 0 atom stereocenters. The van der Waals surface area contributed by atoms with Crippen molar-refractivity contribution in [3.63, 3.8) is 0 Å². The van der Waals surface area contributed by atoms with Gasteiger partial charge in [0.25, 0.3) is 10.2 Å². The number of anilines is 1. The molecule has 0 heterocycles. The molecule has 0 unspecified atom stereocenters. The normalized spacial score (nSPS) is 12.5. The molecule has 0 aliphatic heterocycles. The van der Waals surface area contributed by atoms with Crippen molar-refractivity contribution in [1.82, 2.24) is 4.72 Å². The van der Waals surface area contributed by atoms with Crippen LogP contribution in [0.3, 0.4) is 0 Å². The zero-order chi connectivity index (χ0) is 14.0. The summed E-state index contributed by atoms with van der Waals surface area (Å²) < 4.78 is 41.7. The average molecular weight is 275 g/mol. The van der Waals surface area contributed by atoms with Crippen LogP contribution in [-0.2, 0) is 16.8 Å². The lowest BCUT2D eigenvalue weighted by molar-refractivity contribution is 0.494. The largest absolute Gasteiger partial charge is 0.326 e. The van der Waals surface area contributed by atoms with Gasteiger partial charge < -0.3 is 5.73 Å². The third-order valence-electron chi connectivity index (χ3n) is 2.01. The van der Waals surface area contributed by atoms with Gasteiger partial charge in [0.2, 0.25) is 0 Å². The topological polar surface area (TPSA) is 84.2 Å². The molecule has 0 radical (unpaired) electrons. The smallest absolute Gasteiger partial charge is 0.299 e. The maximum atomic E-state index is 13.4. The third kappa shape index (κ3) is 4.25. The maximum absolute atomic E-state index is 13.4. The van der Waals surface area contributed by atoms with Gasteiger partial charge in [0.1, 0.15) is 5.82 Å². The Bertz CT molecular complexity index is 524. The van der Waals surface area contributed by atoms with E-state index in [0.717, 1.165) is 0 Å². The first kappa shape index (κ1) is 14.9. The van der Waals surface area contributed by atoms with Gasteiger partial charge in [0.05, 0.1) is 5.69 Å². The van der Waals surface area contributed by atoms with Gasteiger partial charge in [-0.25, -0.2) is 4.39 Å². The fourth-order valence-electron chi connectivity index (χ4n) is 1.44. The molecule has 0 bridgehead atoms. The van der Waals surface area contributed by atoms with Crippen molar-refractivity contribution < 1.29 is 12.8 Å². The molecule has 5 nitrogen and oxygen atoms in total. The Hall–Kier alpha value is -1.18. The van der Waals surface area contributed by atoms with Crippen LogP contribution >= 0.6 is 0 Å². The fourth-order valence-corrected chi connectivity index (χ4v) is 2.77. The minimum Gasteiger partial charge on any atom is -0.326 e. The molecule has 102 valence electrons. The predicted octanol–water partition coefficient (Wildman–Crippen LogP) is 1.33. The molecule has 0 spiro atoms. The number of benzene rings is 1. The Morgan fingerprint density at radius 3 is 2.44 bits per heavy atom. The van der Waals surface area contributed by atoms with Crippen LogP contribution in [-0.4, -0.2) is 14.0 Å². The lowest BCUT2D eigenvalue weighted by Crippen LogP contribution is -2.43. The molecule has 0 aromatic heterocycles. The van der Waals surface area contributed by atoms with Crippen molar-refractivity contribution in [2.75, 3.05) is 4.72 Å². The van der Waals surface area contributed by atoms with Gasteiger partial charge in [0, 0.05) is 17.6 Å². The molecule has 1 aromatic rings. The molecule has 1 rings (SSSR count). The Balaban J connectivity index is 3.02. The van der Waals surface area contributed by atoms with E-state index in [0.29, 0.717) is 0 Å². The molecule has 0 aliphatic carbocycles. The van der Waals surface area contributed by atoms with Crippen LogP contribution in [0.5, 0.6) is 0 Å². The second-order valence-electron chi connectivity index (χ2n) is 4.93. The van der Waals surface area contributed by atoms with Crippen molar-refractivity contribution in [1.29, 1.82) is 0 Å². The van der Waals surface area contributed by atoms with E-state index in [4.69, 9.17) is 5.73 Å². The van der Waals surface area contributed by atoms with Gasteiger partial charge in [-0.15, -0.1) is 0 Å². The van der Waals surface area contributed by atoms with Crippen LogP contribution in [0.1, 0.15) is 26.3 Å². The first-order chi connectivity index (χ1) is 8.14. The Labute approximate surface area is 107 Å². The molecule has 7 heteroatoms. The SMILES string of the molecule is CC(C)(C)NS(=O)(=O)Nc1cccc(F)c1CN. The summed E-state index contributed by atoms with van der Waals surface area (Å²) in [4.78, 5) is 0. The Kier molecular flexibility index (Phi) is 4.31. The van der Waals surface area contributed by atoms with Crippen molar-refractivity contribution >= 4 is 15.9 Å². The highest BCUT2D eigenvalue weighted by Gasteiger charge is 2.21. The van der Waals surface area contributed by atoms with Gasteiger partial charge in [0.15, 0.2) is 0 Å². The quantitative estimate of drug-likeness (QED) is 0.775. The van der Waals surface area contributed by atoms with E-state index in [1.54, 1.807) is 20.8 Å². The molecule has 0 saturated carbocycles. The van der Waals surface area contributed by atoms with Crippen LogP contribution in [0.25, 0.3) is 0 Å². The van der Waals surface area contributed by atoms with E-state index < -0.39 is 21.6 Å². The molecule has 0 aliphatic rings. The van der Waals surface area contributed by atoms with Crippen molar-refractivity contribution in [2.45, 2.75) is 32.9 Å². The van der Waals surface area contributed by atoms with Crippen molar-refractivity contribution in [3.8, 4) is 0 Å². The van der Waals surface area contributed by atoms with E-state index in [1.165, 1.54) is 18.2 Å². The second-order valence-corrected chi connectivity index (χ2v) is 6.34. The minimum atomic E-state index is -3.76. The highest BCUT2D eigenvalue weighted by atomic mass is 32.2. The van der Waals surface area contributed by atoms with Gasteiger partial charge >= 0.3 is 0 Å². The van der Waals surface area contributed by atoms with Crippen molar-refractivity contribution in [3.05, 3.63) is 29.6 Å². The number of hydrogen-bond donors (Lipinski definition) is 3. The fraction of sp³-hybridized carbons (Fsp3) is 0.455. The van der Waals surface area contributed by atoms with Gasteiger partial charge in [-0.05, 0) is 32.9 Å². The standard InChI is InChI=1S/C11H18FN3O2S/c1-11(2,3)15-18(16,17)14-10-6-4-5-9(12)8(10)7-13/h4-6,14-15H,7,13H2,1-3H3. The van der Waals surface area contributed by atoms with Gasteiger partial charge in [-0.2, -0.15) is 13.1 Å². The zero-order valence-electron chi connectivity index (χ0n) is 10.6. The summed E-state index contributed by atoms with van der Waals surface area (Å²) in [6.07, 6.45) is 0. The van der Waals surface area contributed by atoms with E-state index in [1.807, 2.05) is 0 Å². The molecular weight excluding hydrogens is 257 g/mol. The summed E-state index contributed by atoms with van der Waals surface area (Å²) >= 11 is 0. The molecule has 1 aromatic carbocycles. The van der Waals surface area contributed by atoms with Crippen LogP contribution < -0.4 is 15.2 Å². The van der Waals surface area contributed by atoms with Crippen molar-refractivity contribution in [2.24, 2.45) is 5.73 Å². The summed E-state index contributed by atoms with van der Waals surface area (Å²) in [7, 11) is -3.76. The molecule has 18 heavy (non-hydrogen) atoms. The molecule has 0 fully saturated rings. The first-order valence-corrected chi connectivity index (χ1v) is 6.92. The monoisotopic (exact) mass is 275 g/mol. The van der Waals surface area contributed by atoms with Gasteiger partial charge in [-0.1, -0.05) is 6.07 Å². The predicted molar refractivity (Wildman–Crippen MR) is 69.7 cm³/mol. The van der Waals surface area contributed by atoms with E-state index >= 15 is 0 Å². The molecule has 4 N–H and O–H groups in total. The Morgan fingerprint density at radius 2 is 1.94 bits per heavy atom. The number of rotatable bonds is 4. The minimum absolute atomic E-state index is 0.0833. The average Bonchev–Trinajstić information content (AvgIpc) is 2.13. The lowest BCUT2D eigenvalue weighted by atomic mass is 10.1. The number of hydrogen-bond acceptors (Lipinski definition) is 3. The van der Waals surface area contributed by atoms with E-state index in [-0.39, 0.29) is 17.8 Å². The number of nitrogens with one attached hydrogen (secondary N) is 2. The van der Waals surface area contributed by atoms with Gasteiger partial charge in [-0.3, -0.25) is 4.72 Å². The summed E-state index contributed by atoms with van der Waals surface area (Å²) in [5, 5.41) is 0. The number of halogens is 1.